The second-order valence-corrected chi connectivity index (χ2v) is 9.06. The van der Waals surface area contributed by atoms with Crippen LogP contribution in [0.4, 0.5) is 0 Å². The van der Waals surface area contributed by atoms with E-state index in [0.717, 1.165) is 44.1 Å². The second-order valence-electron chi connectivity index (χ2n) is 9.06. The van der Waals surface area contributed by atoms with Crippen LogP contribution >= 0.6 is 0 Å². The fourth-order valence-corrected chi connectivity index (χ4v) is 6.43. The highest BCUT2D eigenvalue weighted by atomic mass is 16.5. The van der Waals surface area contributed by atoms with E-state index in [1.54, 1.807) is 18.2 Å². The highest BCUT2D eigenvalue weighted by Crippen LogP contribution is 2.67. The summed E-state index contributed by atoms with van der Waals surface area (Å²) in [4.78, 5) is 13.2. The molecule has 5 nitrogen and oxygen atoms in total. The quantitative estimate of drug-likeness (QED) is 0.755. The van der Waals surface area contributed by atoms with E-state index in [0.29, 0.717) is 24.6 Å². The van der Waals surface area contributed by atoms with Gasteiger partial charge in [0.15, 0.2) is 11.5 Å². The van der Waals surface area contributed by atoms with Gasteiger partial charge < -0.3 is 20.3 Å². The Morgan fingerprint density at radius 3 is 2.77 bits per heavy atom. The molecule has 5 rings (SSSR count). The maximum absolute atomic E-state index is 13.2. The van der Waals surface area contributed by atoms with Crippen LogP contribution in [-0.2, 0) is 11.3 Å². The number of ether oxygens (including phenoxy) is 1. The fraction of sp³-hybridized carbons (Fsp3) is 0.667. The van der Waals surface area contributed by atoms with Crippen molar-refractivity contribution in [2.24, 2.45) is 16.7 Å². The highest BCUT2D eigenvalue weighted by molar-refractivity contribution is 5.83. The molecule has 5 heteroatoms. The van der Waals surface area contributed by atoms with Crippen molar-refractivity contribution in [1.29, 1.82) is 0 Å². The van der Waals surface area contributed by atoms with Gasteiger partial charge in [0.1, 0.15) is 0 Å². The Hall–Kier alpha value is -1.75. The average Bonchev–Trinajstić information content (AvgIpc) is 2.58. The number of carbonyl (C=O) groups excluding carboxylic acids is 1. The molecule has 0 heterocycles. The molecule has 1 amide bonds. The van der Waals surface area contributed by atoms with E-state index in [2.05, 4.69) is 12.2 Å². The van der Waals surface area contributed by atoms with Crippen LogP contribution in [0.15, 0.2) is 18.2 Å². The average molecular weight is 359 g/mol. The predicted molar refractivity (Wildman–Crippen MR) is 97.8 cm³/mol. The Kier molecular flexibility index (Phi) is 3.99. The molecule has 4 fully saturated rings. The van der Waals surface area contributed by atoms with Gasteiger partial charge in [-0.15, -0.1) is 0 Å². The minimum atomic E-state index is -0.658. The van der Waals surface area contributed by atoms with Crippen LogP contribution in [0.1, 0.15) is 57.4 Å². The monoisotopic (exact) mass is 359 g/mol. The summed E-state index contributed by atoms with van der Waals surface area (Å²) in [5.41, 5.74) is -0.0610. The number of hydrogen-bond donors (Lipinski definition) is 3. The number of aliphatic hydroxyl groups is 1. The Morgan fingerprint density at radius 1 is 1.27 bits per heavy atom. The van der Waals surface area contributed by atoms with E-state index in [1.807, 2.05) is 0 Å². The van der Waals surface area contributed by atoms with Gasteiger partial charge in [-0.25, -0.2) is 0 Å². The molecule has 4 bridgehead atoms. The molecule has 4 aliphatic rings. The number of nitrogens with one attached hydrogen (secondary N) is 1. The summed E-state index contributed by atoms with van der Waals surface area (Å²) in [5, 5.41) is 23.9. The van der Waals surface area contributed by atoms with Gasteiger partial charge >= 0.3 is 0 Å². The molecule has 4 saturated carbocycles. The molecule has 0 aromatic heterocycles. The van der Waals surface area contributed by atoms with Crippen molar-refractivity contribution in [3.8, 4) is 11.5 Å². The van der Waals surface area contributed by atoms with Gasteiger partial charge in [0.05, 0.1) is 18.1 Å². The summed E-state index contributed by atoms with van der Waals surface area (Å²) in [6, 6.07) is 5.12. The summed E-state index contributed by atoms with van der Waals surface area (Å²) in [5.74, 6) is 1.04. The molecule has 0 spiro atoms. The molecular formula is C21H29NO4. The molecular weight excluding hydrogens is 330 g/mol. The SMILES string of the molecule is CC[C@@]12C[C@H]3C[C@@](O)(C1)C[C@@](C(=O)NCc1ccc(O)c(OC)c1)(C3)C2. The van der Waals surface area contributed by atoms with Gasteiger partial charge in [-0.05, 0) is 67.6 Å². The van der Waals surface area contributed by atoms with Crippen molar-refractivity contribution in [3.05, 3.63) is 23.8 Å². The first-order valence-electron chi connectivity index (χ1n) is 9.68. The first-order valence-corrected chi connectivity index (χ1v) is 9.68. The number of phenolic OH excluding ortho intramolecular Hbond substituents is 1. The van der Waals surface area contributed by atoms with Crippen molar-refractivity contribution in [3.63, 3.8) is 0 Å². The predicted octanol–water partition coefficient (Wildman–Crippen LogP) is 3.13. The molecule has 4 atom stereocenters. The van der Waals surface area contributed by atoms with Crippen LogP contribution in [0.3, 0.4) is 0 Å². The Balaban J connectivity index is 1.51. The Labute approximate surface area is 154 Å². The second kappa shape index (κ2) is 5.88. The maximum atomic E-state index is 13.2. The standard InChI is InChI=1S/C21H29NO4/c1-3-19-7-15-8-20(11-19,13-21(25,9-15)12-19)18(24)22-10-14-4-5-16(23)17(6-14)26-2/h4-6,15,23,25H,3,7-13H2,1-2H3,(H,22,24)/t15-,19+,20-,21-/m1/s1. The van der Waals surface area contributed by atoms with Crippen molar-refractivity contribution < 1.29 is 19.7 Å². The van der Waals surface area contributed by atoms with Gasteiger partial charge in [0.25, 0.3) is 0 Å². The number of benzene rings is 1. The number of phenols is 1. The molecule has 1 aromatic carbocycles. The number of aromatic hydroxyl groups is 1. The van der Waals surface area contributed by atoms with Crippen LogP contribution in [-0.4, -0.2) is 28.8 Å². The first kappa shape index (κ1) is 17.7. The van der Waals surface area contributed by atoms with Gasteiger partial charge in [0, 0.05) is 6.54 Å². The molecule has 3 N–H and O–H groups in total. The summed E-state index contributed by atoms with van der Waals surface area (Å²) in [6.45, 7) is 2.60. The van der Waals surface area contributed by atoms with Crippen LogP contribution in [0.5, 0.6) is 11.5 Å². The summed E-state index contributed by atoms with van der Waals surface area (Å²) < 4.78 is 5.14. The lowest BCUT2D eigenvalue weighted by Gasteiger charge is -2.64. The topological polar surface area (TPSA) is 78.8 Å². The molecule has 0 saturated heterocycles. The van der Waals surface area contributed by atoms with E-state index >= 15 is 0 Å². The van der Waals surface area contributed by atoms with Crippen molar-refractivity contribution in [2.75, 3.05) is 7.11 Å². The van der Waals surface area contributed by atoms with Gasteiger partial charge in [-0.2, -0.15) is 0 Å². The third-order valence-electron chi connectivity index (χ3n) is 7.08. The molecule has 1 aromatic rings. The largest absolute Gasteiger partial charge is 0.504 e. The van der Waals surface area contributed by atoms with Gasteiger partial charge in [-0.3, -0.25) is 4.79 Å². The molecule has 0 unspecified atom stereocenters. The maximum Gasteiger partial charge on any atom is 0.226 e. The Bertz CT molecular complexity index is 735. The van der Waals surface area contributed by atoms with Crippen molar-refractivity contribution in [2.45, 2.75) is 64.0 Å². The lowest BCUT2D eigenvalue weighted by Crippen LogP contribution is -2.63. The third-order valence-corrected chi connectivity index (χ3v) is 7.08. The number of rotatable bonds is 5. The molecule has 142 valence electrons. The van der Waals surface area contributed by atoms with Crippen molar-refractivity contribution >= 4 is 5.91 Å². The molecule has 26 heavy (non-hydrogen) atoms. The van der Waals surface area contributed by atoms with E-state index < -0.39 is 11.0 Å². The molecule has 0 radical (unpaired) electrons. The van der Waals surface area contributed by atoms with Crippen LogP contribution in [0, 0.1) is 16.7 Å². The van der Waals surface area contributed by atoms with Gasteiger partial charge in [0.2, 0.25) is 5.91 Å². The number of methoxy groups -OCH3 is 1. The zero-order chi connectivity index (χ0) is 18.6. The number of carbonyl (C=O) groups is 1. The summed E-state index contributed by atoms with van der Waals surface area (Å²) >= 11 is 0. The summed E-state index contributed by atoms with van der Waals surface area (Å²) in [6.07, 6.45) is 6.33. The fourth-order valence-electron chi connectivity index (χ4n) is 6.43. The van der Waals surface area contributed by atoms with E-state index in [9.17, 15) is 15.0 Å². The van der Waals surface area contributed by atoms with Crippen molar-refractivity contribution in [1.82, 2.24) is 5.32 Å². The minimum absolute atomic E-state index is 0.0740. The molecule has 4 aliphatic carbocycles. The summed E-state index contributed by atoms with van der Waals surface area (Å²) in [7, 11) is 1.51. The zero-order valence-corrected chi connectivity index (χ0v) is 15.7. The number of hydrogen-bond acceptors (Lipinski definition) is 4. The smallest absolute Gasteiger partial charge is 0.226 e. The third kappa shape index (κ3) is 2.77. The molecule has 0 aliphatic heterocycles. The van der Waals surface area contributed by atoms with E-state index in [-0.39, 0.29) is 17.1 Å². The first-order chi connectivity index (χ1) is 12.3. The lowest BCUT2D eigenvalue weighted by molar-refractivity contribution is -0.204. The van der Waals surface area contributed by atoms with Crippen LogP contribution < -0.4 is 10.1 Å². The van der Waals surface area contributed by atoms with E-state index in [4.69, 9.17) is 4.74 Å². The lowest BCUT2D eigenvalue weighted by atomic mass is 9.42. The van der Waals surface area contributed by atoms with Gasteiger partial charge in [-0.1, -0.05) is 19.4 Å². The number of amides is 1. The highest BCUT2D eigenvalue weighted by Gasteiger charge is 2.64. The van der Waals surface area contributed by atoms with Crippen LogP contribution in [0.2, 0.25) is 0 Å². The Morgan fingerprint density at radius 2 is 2.08 bits per heavy atom. The van der Waals surface area contributed by atoms with Crippen LogP contribution in [0.25, 0.3) is 0 Å². The van der Waals surface area contributed by atoms with E-state index in [1.165, 1.54) is 7.11 Å². The zero-order valence-electron chi connectivity index (χ0n) is 15.7. The minimum Gasteiger partial charge on any atom is -0.504 e. The normalized spacial score (nSPS) is 37.6.